The third-order valence-corrected chi connectivity index (χ3v) is 11.6. The lowest BCUT2D eigenvalue weighted by Gasteiger charge is -2.37. The maximum Gasteiger partial charge on any atom is 0.0465 e. The molecule has 0 N–H and O–H groups in total. The lowest BCUT2D eigenvalue weighted by atomic mass is 9.67. The molecule has 0 spiro atoms. The SMILES string of the molecule is CC1(C)c2ccccc2-c2ccc(N(c3ccccc3)c3ccc(C4(c5ccc(N(c6ccccc6)c6ccccc6)cc5)CC=CCC4)cc3)cc21. The summed E-state index contributed by atoms with van der Waals surface area (Å²) < 4.78 is 0. The van der Waals surface area contributed by atoms with Gasteiger partial charge in [0.2, 0.25) is 0 Å². The van der Waals surface area contributed by atoms with Gasteiger partial charge < -0.3 is 9.80 Å². The molecule has 9 rings (SSSR count). The second-order valence-corrected chi connectivity index (χ2v) is 15.0. The van der Waals surface area contributed by atoms with E-state index in [1.54, 1.807) is 0 Å². The molecule has 0 saturated heterocycles. The van der Waals surface area contributed by atoms with Crippen molar-refractivity contribution in [1.82, 2.24) is 0 Å². The van der Waals surface area contributed by atoms with Gasteiger partial charge in [-0.2, -0.15) is 0 Å². The van der Waals surface area contributed by atoms with Gasteiger partial charge in [0.15, 0.2) is 0 Å². The zero-order valence-corrected chi connectivity index (χ0v) is 30.5. The van der Waals surface area contributed by atoms with Crippen molar-refractivity contribution in [2.24, 2.45) is 0 Å². The van der Waals surface area contributed by atoms with Crippen LogP contribution < -0.4 is 9.80 Å². The first-order valence-corrected chi connectivity index (χ1v) is 18.9. The number of para-hydroxylation sites is 3. The highest BCUT2D eigenvalue weighted by Gasteiger charge is 2.37. The van der Waals surface area contributed by atoms with Gasteiger partial charge in [0.25, 0.3) is 0 Å². The maximum absolute atomic E-state index is 2.42. The van der Waals surface area contributed by atoms with E-state index in [-0.39, 0.29) is 10.8 Å². The molecule has 0 radical (unpaired) electrons. The molecule has 0 heterocycles. The zero-order chi connectivity index (χ0) is 35.8. The van der Waals surface area contributed by atoms with Gasteiger partial charge >= 0.3 is 0 Å². The lowest BCUT2D eigenvalue weighted by Crippen LogP contribution is -2.29. The monoisotopic (exact) mass is 684 g/mol. The molecule has 7 aromatic rings. The van der Waals surface area contributed by atoms with Gasteiger partial charge in [-0.1, -0.05) is 135 Å². The summed E-state index contributed by atoms with van der Waals surface area (Å²) in [5.74, 6) is 0. The Hall–Kier alpha value is -6.12. The fourth-order valence-electron chi connectivity index (χ4n) is 8.84. The Kier molecular flexibility index (Phi) is 8.32. The molecular formula is C51H44N2. The van der Waals surface area contributed by atoms with Crippen LogP contribution in [0.15, 0.2) is 194 Å². The molecule has 2 heteroatoms. The standard InChI is InChI=1S/C51H44N2/c1-50(2)48-24-14-13-23-46(48)47-34-33-45(37-49(47)50)53(42-21-11-5-12-22-42)44-31-27-39(28-32-44)51(35-15-6-16-36-51)38-25-29-43(30-26-38)52(40-17-7-3-8-18-40)41-19-9-4-10-20-41/h3-15,17-34,37H,16,35-36H2,1-2H3. The van der Waals surface area contributed by atoms with E-state index in [1.807, 2.05) is 0 Å². The first-order chi connectivity index (χ1) is 26.0. The van der Waals surface area contributed by atoms with Gasteiger partial charge in [-0.25, -0.2) is 0 Å². The maximum atomic E-state index is 2.42. The molecule has 1 unspecified atom stereocenters. The average molecular weight is 685 g/mol. The summed E-state index contributed by atoms with van der Waals surface area (Å²) in [5.41, 5.74) is 15.0. The molecule has 2 nitrogen and oxygen atoms in total. The van der Waals surface area contributed by atoms with Crippen molar-refractivity contribution >= 4 is 34.1 Å². The van der Waals surface area contributed by atoms with Crippen LogP contribution in [0.25, 0.3) is 11.1 Å². The predicted octanol–water partition coefficient (Wildman–Crippen LogP) is 14.0. The Balaban J connectivity index is 1.09. The highest BCUT2D eigenvalue weighted by molar-refractivity contribution is 5.85. The van der Waals surface area contributed by atoms with Crippen molar-refractivity contribution in [1.29, 1.82) is 0 Å². The number of fused-ring (bicyclic) bond motifs is 3. The van der Waals surface area contributed by atoms with Crippen molar-refractivity contribution in [3.63, 3.8) is 0 Å². The summed E-state index contributed by atoms with van der Waals surface area (Å²) >= 11 is 0. The Morgan fingerprint density at radius 2 is 0.830 bits per heavy atom. The van der Waals surface area contributed by atoms with Crippen LogP contribution in [0.5, 0.6) is 0 Å². The van der Waals surface area contributed by atoms with Crippen LogP contribution in [0, 0.1) is 0 Å². The van der Waals surface area contributed by atoms with Gasteiger partial charge in [-0.15, -0.1) is 0 Å². The Labute approximate surface area is 314 Å². The molecule has 53 heavy (non-hydrogen) atoms. The Morgan fingerprint density at radius 1 is 0.396 bits per heavy atom. The third kappa shape index (κ3) is 5.76. The van der Waals surface area contributed by atoms with Gasteiger partial charge in [0.05, 0.1) is 0 Å². The fourth-order valence-corrected chi connectivity index (χ4v) is 8.84. The van der Waals surface area contributed by atoms with Crippen LogP contribution in [-0.2, 0) is 10.8 Å². The molecule has 0 bridgehead atoms. The average Bonchev–Trinajstić information content (AvgIpc) is 3.45. The normalized spacial score (nSPS) is 16.8. The van der Waals surface area contributed by atoms with Gasteiger partial charge in [-0.05, 0) is 125 Å². The fraction of sp³-hybridized carbons (Fsp3) is 0.137. The highest BCUT2D eigenvalue weighted by Crippen LogP contribution is 2.51. The molecule has 2 aliphatic carbocycles. The molecule has 0 fully saturated rings. The smallest absolute Gasteiger partial charge is 0.0465 e. The quantitative estimate of drug-likeness (QED) is 0.147. The van der Waals surface area contributed by atoms with Gasteiger partial charge in [-0.3, -0.25) is 0 Å². The predicted molar refractivity (Wildman–Crippen MR) is 224 cm³/mol. The van der Waals surface area contributed by atoms with Crippen molar-refractivity contribution in [3.8, 4) is 11.1 Å². The number of benzene rings is 7. The van der Waals surface area contributed by atoms with Crippen LogP contribution in [0.2, 0.25) is 0 Å². The molecular weight excluding hydrogens is 641 g/mol. The Morgan fingerprint density at radius 3 is 1.34 bits per heavy atom. The van der Waals surface area contributed by atoms with Gasteiger partial charge in [0.1, 0.15) is 0 Å². The summed E-state index contributed by atoms with van der Waals surface area (Å²) in [6, 6.07) is 66.7. The molecule has 1 atom stereocenters. The van der Waals surface area contributed by atoms with Crippen LogP contribution in [0.4, 0.5) is 34.1 Å². The van der Waals surface area contributed by atoms with Crippen LogP contribution in [0.1, 0.15) is 55.4 Å². The molecule has 0 amide bonds. The summed E-state index contributed by atoms with van der Waals surface area (Å²) in [6.07, 6.45) is 7.85. The molecule has 0 aliphatic heterocycles. The van der Waals surface area contributed by atoms with E-state index in [2.05, 4.69) is 218 Å². The number of allylic oxidation sites excluding steroid dienone is 2. The number of hydrogen-bond donors (Lipinski definition) is 0. The number of nitrogens with zero attached hydrogens (tertiary/aromatic N) is 2. The lowest BCUT2D eigenvalue weighted by molar-refractivity contribution is 0.465. The minimum absolute atomic E-state index is 0.0657. The van der Waals surface area contributed by atoms with Crippen molar-refractivity contribution < 1.29 is 0 Å². The second kappa shape index (κ2) is 13.5. The molecule has 7 aromatic carbocycles. The van der Waals surface area contributed by atoms with E-state index < -0.39 is 0 Å². The molecule has 258 valence electrons. The van der Waals surface area contributed by atoms with E-state index in [9.17, 15) is 0 Å². The number of anilines is 6. The van der Waals surface area contributed by atoms with Crippen LogP contribution >= 0.6 is 0 Å². The van der Waals surface area contributed by atoms with E-state index in [0.29, 0.717) is 0 Å². The van der Waals surface area contributed by atoms with E-state index in [1.165, 1.54) is 39.1 Å². The van der Waals surface area contributed by atoms with Crippen LogP contribution in [0.3, 0.4) is 0 Å². The molecule has 0 saturated carbocycles. The minimum atomic E-state index is -0.100. The van der Waals surface area contributed by atoms with Crippen molar-refractivity contribution in [2.75, 3.05) is 9.80 Å². The summed E-state index contributed by atoms with van der Waals surface area (Å²) in [7, 11) is 0. The number of rotatable bonds is 8. The summed E-state index contributed by atoms with van der Waals surface area (Å²) in [5, 5.41) is 0. The Bertz CT molecular complexity index is 2340. The summed E-state index contributed by atoms with van der Waals surface area (Å²) in [6.45, 7) is 4.71. The topological polar surface area (TPSA) is 6.48 Å². The summed E-state index contributed by atoms with van der Waals surface area (Å²) in [4.78, 5) is 4.75. The third-order valence-electron chi connectivity index (χ3n) is 11.6. The first kappa shape index (κ1) is 32.8. The van der Waals surface area contributed by atoms with E-state index >= 15 is 0 Å². The van der Waals surface area contributed by atoms with E-state index in [4.69, 9.17) is 0 Å². The zero-order valence-electron chi connectivity index (χ0n) is 30.5. The second-order valence-electron chi connectivity index (χ2n) is 15.0. The van der Waals surface area contributed by atoms with Crippen LogP contribution in [-0.4, -0.2) is 0 Å². The molecule has 2 aliphatic rings. The van der Waals surface area contributed by atoms with E-state index in [0.717, 1.165) is 47.7 Å². The first-order valence-electron chi connectivity index (χ1n) is 18.9. The number of hydrogen-bond acceptors (Lipinski definition) is 2. The molecule has 0 aromatic heterocycles. The van der Waals surface area contributed by atoms with Crippen molar-refractivity contribution in [2.45, 2.75) is 43.9 Å². The highest BCUT2D eigenvalue weighted by atomic mass is 15.1. The minimum Gasteiger partial charge on any atom is -0.311 e. The van der Waals surface area contributed by atoms with Crippen molar-refractivity contribution in [3.05, 3.63) is 216 Å². The van der Waals surface area contributed by atoms with Gasteiger partial charge in [0, 0.05) is 45.0 Å². The largest absolute Gasteiger partial charge is 0.311 e.